The number of fused-ring (bicyclic) bond motifs is 1. The van der Waals surface area contributed by atoms with E-state index in [1.807, 2.05) is 44.4 Å². The summed E-state index contributed by atoms with van der Waals surface area (Å²) in [5.41, 5.74) is 8.88. The third-order valence-electron chi connectivity index (χ3n) is 3.81. The molecule has 2 heterocycles. The molecule has 0 aliphatic heterocycles. The number of nitrogens with two attached hydrogens (primary N) is 1. The molecule has 0 aliphatic rings. The van der Waals surface area contributed by atoms with Crippen LogP contribution in [0.5, 0.6) is 0 Å². The highest BCUT2D eigenvalue weighted by molar-refractivity contribution is 5.82. The van der Waals surface area contributed by atoms with Gasteiger partial charge in [-0.15, -0.1) is 0 Å². The molecule has 5 heteroatoms. The maximum atomic E-state index is 5.64. The molecule has 0 atom stereocenters. The van der Waals surface area contributed by atoms with Crippen LogP contribution in [0, 0.1) is 6.92 Å². The molecule has 0 aliphatic carbocycles. The summed E-state index contributed by atoms with van der Waals surface area (Å²) in [5.74, 6) is 1.69. The van der Waals surface area contributed by atoms with Crippen LogP contribution in [0.4, 0.5) is 5.82 Å². The van der Waals surface area contributed by atoms with E-state index in [4.69, 9.17) is 5.73 Å². The van der Waals surface area contributed by atoms with Gasteiger partial charge in [-0.05, 0) is 31.2 Å². The Balaban J connectivity index is 1.90. The fraction of sp³-hybridized carbons (Fsp3) is 0.278. The van der Waals surface area contributed by atoms with Crippen LogP contribution < -0.4 is 10.6 Å². The van der Waals surface area contributed by atoms with Crippen molar-refractivity contribution in [3.63, 3.8) is 0 Å². The zero-order valence-electron chi connectivity index (χ0n) is 13.5. The molecule has 3 aromatic rings. The normalized spacial score (nSPS) is 10.9. The van der Waals surface area contributed by atoms with E-state index in [-0.39, 0.29) is 0 Å². The summed E-state index contributed by atoms with van der Waals surface area (Å²) >= 11 is 0. The molecule has 2 N–H and O–H groups in total. The zero-order valence-corrected chi connectivity index (χ0v) is 13.5. The van der Waals surface area contributed by atoms with Gasteiger partial charge in [0.2, 0.25) is 0 Å². The predicted octanol–water partition coefficient (Wildman–Crippen LogP) is 2.47. The second-order valence-electron chi connectivity index (χ2n) is 5.65. The lowest BCUT2D eigenvalue weighted by molar-refractivity contribution is 0.847. The van der Waals surface area contributed by atoms with Crippen LogP contribution in [-0.4, -0.2) is 28.5 Å². The summed E-state index contributed by atoms with van der Waals surface area (Å²) in [4.78, 5) is 15.5. The molecule has 0 fully saturated rings. The maximum Gasteiger partial charge on any atom is 0.132 e. The van der Waals surface area contributed by atoms with Gasteiger partial charge < -0.3 is 10.6 Å². The number of pyridine rings is 1. The number of benzene rings is 1. The summed E-state index contributed by atoms with van der Waals surface area (Å²) in [5, 5.41) is 1.18. The molecular weight excluding hydrogens is 286 g/mol. The number of aryl methyl sites for hydroxylation is 1. The van der Waals surface area contributed by atoms with Gasteiger partial charge in [0.15, 0.2) is 0 Å². The summed E-state index contributed by atoms with van der Waals surface area (Å²) < 4.78 is 0. The van der Waals surface area contributed by atoms with Gasteiger partial charge in [-0.3, -0.25) is 4.98 Å². The van der Waals surface area contributed by atoms with E-state index < -0.39 is 0 Å². The molecule has 3 rings (SSSR count). The van der Waals surface area contributed by atoms with Crippen molar-refractivity contribution >= 4 is 16.7 Å². The molecule has 0 unspecified atom stereocenters. The van der Waals surface area contributed by atoms with Crippen molar-refractivity contribution < 1.29 is 0 Å². The predicted molar refractivity (Wildman–Crippen MR) is 93.4 cm³/mol. The van der Waals surface area contributed by atoms with Crippen molar-refractivity contribution in [1.29, 1.82) is 0 Å². The lowest BCUT2D eigenvalue weighted by atomic mass is 10.1. The minimum Gasteiger partial charge on any atom is -0.355 e. The molecule has 1 aromatic carbocycles. The van der Waals surface area contributed by atoms with E-state index >= 15 is 0 Å². The van der Waals surface area contributed by atoms with Crippen LogP contribution in [-0.2, 0) is 13.0 Å². The van der Waals surface area contributed by atoms with Gasteiger partial charge in [-0.25, -0.2) is 9.97 Å². The number of anilines is 1. The highest BCUT2D eigenvalue weighted by atomic mass is 15.2. The highest BCUT2D eigenvalue weighted by Gasteiger charge is 2.09. The molecule has 23 heavy (non-hydrogen) atoms. The van der Waals surface area contributed by atoms with Gasteiger partial charge in [0.25, 0.3) is 0 Å². The Labute approximate surface area is 136 Å². The van der Waals surface area contributed by atoms with Crippen LogP contribution in [0.25, 0.3) is 10.9 Å². The molecule has 2 aromatic heterocycles. The monoisotopic (exact) mass is 307 g/mol. The molecule has 0 bridgehead atoms. The van der Waals surface area contributed by atoms with E-state index in [9.17, 15) is 0 Å². The van der Waals surface area contributed by atoms with Crippen molar-refractivity contribution in [3.8, 4) is 0 Å². The first-order valence-corrected chi connectivity index (χ1v) is 7.76. The van der Waals surface area contributed by atoms with Crippen molar-refractivity contribution in [3.05, 3.63) is 59.7 Å². The van der Waals surface area contributed by atoms with Gasteiger partial charge >= 0.3 is 0 Å². The minimum absolute atomic E-state index is 0.592. The van der Waals surface area contributed by atoms with Crippen LogP contribution in [0.15, 0.2) is 42.6 Å². The molecule has 0 amide bonds. The minimum atomic E-state index is 0.592. The van der Waals surface area contributed by atoms with Crippen molar-refractivity contribution in [2.75, 3.05) is 18.5 Å². The first kappa shape index (κ1) is 15.4. The second kappa shape index (κ2) is 6.71. The zero-order chi connectivity index (χ0) is 16.2. The Kier molecular flexibility index (Phi) is 4.48. The third kappa shape index (κ3) is 3.46. The van der Waals surface area contributed by atoms with E-state index in [1.165, 1.54) is 10.9 Å². The Hall–Kier alpha value is -2.53. The second-order valence-corrected chi connectivity index (χ2v) is 5.65. The van der Waals surface area contributed by atoms with E-state index in [0.717, 1.165) is 35.8 Å². The largest absolute Gasteiger partial charge is 0.355 e. The van der Waals surface area contributed by atoms with Gasteiger partial charge in [0.1, 0.15) is 11.6 Å². The number of rotatable bonds is 5. The first-order valence-electron chi connectivity index (χ1n) is 7.76. The maximum absolute atomic E-state index is 5.64. The average molecular weight is 307 g/mol. The Morgan fingerprint density at radius 3 is 2.83 bits per heavy atom. The molecule has 5 nitrogen and oxygen atoms in total. The standard InChI is InChI=1S/C18H21N5/c1-13-21-15(8-9-19)11-18(22-13)23(2)12-14-5-3-7-17-16(14)6-4-10-20-17/h3-7,10-11H,8-9,12,19H2,1-2H3. The molecule has 0 spiro atoms. The van der Waals surface area contributed by atoms with Crippen molar-refractivity contribution in [2.24, 2.45) is 5.73 Å². The SMILES string of the molecule is Cc1nc(CCN)cc(N(C)Cc2cccc3ncccc23)n1. The van der Waals surface area contributed by atoms with E-state index in [0.29, 0.717) is 6.54 Å². The lowest BCUT2D eigenvalue weighted by Gasteiger charge is -2.20. The summed E-state index contributed by atoms with van der Waals surface area (Å²) in [6, 6.07) is 12.3. The molecule has 118 valence electrons. The van der Waals surface area contributed by atoms with Gasteiger partial charge in [-0.1, -0.05) is 18.2 Å². The van der Waals surface area contributed by atoms with Crippen molar-refractivity contribution in [2.45, 2.75) is 19.9 Å². The number of nitrogens with zero attached hydrogens (tertiary/aromatic N) is 4. The van der Waals surface area contributed by atoms with Gasteiger partial charge in [0, 0.05) is 43.4 Å². The van der Waals surface area contributed by atoms with E-state index in [1.54, 1.807) is 0 Å². The number of aromatic nitrogens is 3. The smallest absolute Gasteiger partial charge is 0.132 e. The van der Waals surface area contributed by atoms with Crippen LogP contribution in [0.3, 0.4) is 0 Å². The molecule has 0 saturated heterocycles. The molecular formula is C18H21N5. The molecule has 0 radical (unpaired) electrons. The average Bonchev–Trinajstić information content (AvgIpc) is 2.55. The highest BCUT2D eigenvalue weighted by Crippen LogP contribution is 2.20. The number of hydrogen-bond donors (Lipinski definition) is 1. The Morgan fingerprint density at radius 1 is 1.13 bits per heavy atom. The van der Waals surface area contributed by atoms with Gasteiger partial charge in [-0.2, -0.15) is 0 Å². The first-order chi connectivity index (χ1) is 11.2. The van der Waals surface area contributed by atoms with Crippen LogP contribution >= 0.6 is 0 Å². The van der Waals surface area contributed by atoms with E-state index in [2.05, 4.69) is 32.0 Å². The Morgan fingerprint density at radius 2 is 2.00 bits per heavy atom. The van der Waals surface area contributed by atoms with Crippen molar-refractivity contribution in [1.82, 2.24) is 15.0 Å². The summed E-state index contributed by atoms with van der Waals surface area (Å²) in [7, 11) is 2.04. The van der Waals surface area contributed by atoms with Crippen LogP contribution in [0.1, 0.15) is 17.1 Å². The summed E-state index contributed by atoms with van der Waals surface area (Å²) in [6.45, 7) is 3.27. The van der Waals surface area contributed by atoms with Gasteiger partial charge in [0.05, 0.1) is 5.52 Å². The fourth-order valence-corrected chi connectivity index (χ4v) is 2.73. The lowest BCUT2D eigenvalue weighted by Crippen LogP contribution is -2.19. The Bertz CT molecular complexity index is 810. The number of hydrogen-bond acceptors (Lipinski definition) is 5. The quantitative estimate of drug-likeness (QED) is 0.784. The fourth-order valence-electron chi connectivity index (χ4n) is 2.73. The molecule has 0 saturated carbocycles. The summed E-state index contributed by atoms with van der Waals surface area (Å²) in [6.07, 6.45) is 2.59. The third-order valence-corrected chi connectivity index (χ3v) is 3.81. The van der Waals surface area contributed by atoms with Crippen LogP contribution in [0.2, 0.25) is 0 Å². The topological polar surface area (TPSA) is 67.9 Å².